The monoisotopic (exact) mass is 135 g/mol. The summed E-state index contributed by atoms with van der Waals surface area (Å²) in [5.74, 6) is 0. The summed E-state index contributed by atoms with van der Waals surface area (Å²) in [6.45, 7) is 0. The van der Waals surface area contributed by atoms with Crippen LogP contribution in [0.1, 0.15) is 0 Å². The Morgan fingerprint density at radius 3 is 3.00 bits per heavy atom. The molecule has 2 atom stereocenters. The molecule has 3 heteroatoms. The highest BCUT2D eigenvalue weighted by molar-refractivity contribution is 5.78. The van der Waals surface area contributed by atoms with E-state index in [9.17, 15) is 4.79 Å². The third-order valence-electron chi connectivity index (χ3n) is 1.66. The number of amides is 2. The third kappa shape index (κ3) is 0.708. The van der Waals surface area contributed by atoms with Crippen LogP contribution in [0.5, 0.6) is 0 Å². The van der Waals surface area contributed by atoms with Crippen molar-refractivity contribution in [1.82, 2.24) is 10.6 Å². The van der Waals surface area contributed by atoms with Gasteiger partial charge in [0.25, 0.3) is 0 Å². The lowest BCUT2D eigenvalue weighted by atomic mass is 10.1. The zero-order valence-corrected chi connectivity index (χ0v) is 5.32. The first-order chi connectivity index (χ1) is 4.86. The molecule has 0 aromatic heterocycles. The molecule has 0 aromatic rings. The fraction of sp³-hybridized carbons (Fsp3) is 0.286. The van der Waals surface area contributed by atoms with Gasteiger partial charge in [0.2, 0.25) is 0 Å². The van der Waals surface area contributed by atoms with E-state index in [-0.39, 0.29) is 18.1 Å². The van der Waals surface area contributed by atoms with Crippen LogP contribution in [-0.2, 0) is 0 Å². The maximum absolute atomic E-state index is 10.7. The smallest absolute Gasteiger partial charge is 0.328 e. The standard InChI is InChI=1S/C7H7N2O/c10-7-8-5-3-1-2-4-6(5)9-7/h1-6H,(H,8,10). The summed E-state index contributed by atoms with van der Waals surface area (Å²) in [6.07, 6.45) is 7.69. The minimum absolute atomic E-state index is 0.0394. The van der Waals surface area contributed by atoms with Crippen LogP contribution in [-0.4, -0.2) is 18.1 Å². The number of nitrogens with one attached hydrogen (secondary N) is 1. The fourth-order valence-corrected chi connectivity index (χ4v) is 1.17. The van der Waals surface area contributed by atoms with Gasteiger partial charge < -0.3 is 5.32 Å². The third-order valence-corrected chi connectivity index (χ3v) is 1.66. The first-order valence-corrected chi connectivity index (χ1v) is 3.22. The van der Waals surface area contributed by atoms with Crippen molar-refractivity contribution >= 4 is 6.03 Å². The molecule has 10 heavy (non-hydrogen) atoms. The molecule has 2 rings (SSSR count). The number of nitrogens with zero attached hydrogens (tertiary/aromatic N) is 1. The average molecular weight is 135 g/mol. The molecule has 0 saturated carbocycles. The van der Waals surface area contributed by atoms with Gasteiger partial charge in [-0.3, -0.25) is 0 Å². The molecule has 2 unspecified atom stereocenters. The first kappa shape index (κ1) is 5.53. The Labute approximate surface area is 58.8 Å². The first-order valence-electron chi connectivity index (χ1n) is 3.22. The van der Waals surface area contributed by atoms with Crippen LogP contribution in [0, 0.1) is 0 Å². The highest BCUT2D eigenvalue weighted by Gasteiger charge is 2.30. The Morgan fingerprint density at radius 1 is 1.40 bits per heavy atom. The molecule has 1 radical (unpaired) electrons. The number of rotatable bonds is 0. The molecule has 1 N–H and O–H groups in total. The predicted octanol–water partition coefficient (Wildman–Crippen LogP) is 0.177. The lowest BCUT2D eigenvalue weighted by Crippen LogP contribution is -2.29. The zero-order valence-electron chi connectivity index (χ0n) is 5.32. The molecule has 1 fully saturated rings. The van der Waals surface area contributed by atoms with Gasteiger partial charge >= 0.3 is 6.03 Å². The van der Waals surface area contributed by atoms with Gasteiger partial charge in [0, 0.05) is 0 Å². The van der Waals surface area contributed by atoms with Crippen molar-refractivity contribution in [2.24, 2.45) is 0 Å². The minimum Gasteiger partial charge on any atom is -0.328 e. The van der Waals surface area contributed by atoms with E-state index in [2.05, 4.69) is 10.6 Å². The topological polar surface area (TPSA) is 43.2 Å². The molecule has 2 amide bonds. The van der Waals surface area contributed by atoms with Crippen molar-refractivity contribution in [3.63, 3.8) is 0 Å². The van der Waals surface area contributed by atoms with Crippen LogP contribution >= 0.6 is 0 Å². The second-order valence-electron chi connectivity index (χ2n) is 2.36. The van der Waals surface area contributed by atoms with Crippen LogP contribution in [0.2, 0.25) is 0 Å². The van der Waals surface area contributed by atoms with Crippen LogP contribution in [0.25, 0.3) is 0 Å². The Bertz CT molecular complexity index is 198. The van der Waals surface area contributed by atoms with Gasteiger partial charge in [-0.25, -0.2) is 10.1 Å². The number of fused-ring (bicyclic) bond motifs is 1. The van der Waals surface area contributed by atoms with Crippen molar-refractivity contribution in [3.05, 3.63) is 24.3 Å². The van der Waals surface area contributed by atoms with E-state index in [1.807, 2.05) is 24.3 Å². The molecular weight excluding hydrogens is 128 g/mol. The van der Waals surface area contributed by atoms with Crippen molar-refractivity contribution in [1.29, 1.82) is 0 Å². The summed E-state index contributed by atoms with van der Waals surface area (Å²) in [7, 11) is 0. The maximum atomic E-state index is 10.7. The molecule has 0 aromatic carbocycles. The van der Waals surface area contributed by atoms with Crippen molar-refractivity contribution in [2.75, 3.05) is 0 Å². The van der Waals surface area contributed by atoms with Gasteiger partial charge in [0.1, 0.15) is 0 Å². The molecule has 2 aliphatic rings. The van der Waals surface area contributed by atoms with Crippen LogP contribution in [0.3, 0.4) is 0 Å². The Balaban J connectivity index is 2.22. The number of hydrogen-bond donors (Lipinski definition) is 1. The Hall–Kier alpha value is -1.25. The number of carbonyl (C=O) groups excluding carboxylic acids is 1. The molecule has 0 bridgehead atoms. The van der Waals surface area contributed by atoms with Gasteiger partial charge in [-0.2, -0.15) is 0 Å². The van der Waals surface area contributed by atoms with Crippen LogP contribution in [0.15, 0.2) is 24.3 Å². The molecule has 0 spiro atoms. The van der Waals surface area contributed by atoms with E-state index in [1.165, 1.54) is 0 Å². The average Bonchev–Trinajstić information content (AvgIpc) is 2.27. The normalized spacial score (nSPS) is 35.0. The molecule has 1 heterocycles. The van der Waals surface area contributed by atoms with Gasteiger partial charge in [-0.15, -0.1) is 0 Å². The van der Waals surface area contributed by atoms with Crippen molar-refractivity contribution in [2.45, 2.75) is 12.1 Å². The molecule has 1 aliphatic heterocycles. The molecular formula is C7H7N2O. The maximum Gasteiger partial charge on any atom is 0.337 e. The SMILES string of the molecule is O=C1[N]C2C=CC=CC2N1. The van der Waals surface area contributed by atoms with E-state index in [4.69, 9.17) is 0 Å². The fourth-order valence-electron chi connectivity index (χ4n) is 1.17. The summed E-state index contributed by atoms with van der Waals surface area (Å²) in [5, 5.41) is 6.53. The van der Waals surface area contributed by atoms with E-state index in [0.717, 1.165) is 0 Å². The lowest BCUT2D eigenvalue weighted by Gasteiger charge is -2.10. The second kappa shape index (κ2) is 1.87. The van der Waals surface area contributed by atoms with Crippen molar-refractivity contribution in [3.8, 4) is 0 Å². The van der Waals surface area contributed by atoms with E-state index >= 15 is 0 Å². The van der Waals surface area contributed by atoms with Crippen LogP contribution < -0.4 is 10.6 Å². The number of allylic oxidation sites excluding steroid dienone is 2. The number of urea groups is 1. The zero-order chi connectivity index (χ0) is 6.97. The summed E-state index contributed by atoms with van der Waals surface area (Å²) in [6, 6.07) is -0.0544. The van der Waals surface area contributed by atoms with E-state index < -0.39 is 0 Å². The van der Waals surface area contributed by atoms with Crippen molar-refractivity contribution < 1.29 is 4.79 Å². The largest absolute Gasteiger partial charge is 0.337 e. The molecule has 1 saturated heterocycles. The van der Waals surface area contributed by atoms with Gasteiger partial charge in [-0.05, 0) is 0 Å². The van der Waals surface area contributed by atoms with E-state index in [1.54, 1.807) is 0 Å². The molecule has 51 valence electrons. The number of carbonyl (C=O) groups is 1. The summed E-state index contributed by atoms with van der Waals surface area (Å²) < 4.78 is 0. The lowest BCUT2D eigenvalue weighted by molar-refractivity contribution is 0.247. The Morgan fingerprint density at radius 2 is 2.20 bits per heavy atom. The van der Waals surface area contributed by atoms with Gasteiger partial charge in [0.15, 0.2) is 0 Å². The summed E-state index contributed by atoms with van der Waals surface area (Å²) in [4.78, 5) is 10.7. The number of hydrogen-bond acceptors (Lipinski definition) is 1. The quantitative estimate of drug-likeness (QED) is 0.505. The van der Waals surface area contributed by atoms with Crippen LogP contribution in [0.4, 0.5) is 4.79 Å². The summed E-state index contributed by atoms with van der Waals surface area (Å²) in [5.41, 5.74) is 0. The minimum atomic E-state index is -0.203. The van der Waals surface area contributed by atoms with E-state index in [0.29, 0.717) is 0 Å². The predicted molar refractivity (Wildman–Crippen MR) is 36.5 cm³/mol. The highest BCUT2D eigenvalue weighted by atomic mass is 16.2. The Kier molecular flexibility index (Phi) is 1.03. The second-order valence-corrected chi connectivity index (χ2v) is 2.36. The molecule has 3 nitrogen and oxygen atoms in total. The highest BCUT2D eigenvalue weighted by Crippen LogP contribution is 2.10. The van der Waals surface area contributed by atoms with Gasteiger partial charge in [0.05, 0.1) is 12.1 Å². The molecule has 1 aliphatic carbocycles. The summed E-state index contributed by atoms with van der Waals surface area (Å²) >= 11 is 0. The van der Waals surface area contributed by atoms with Gasteiger partial charge in [-0.1, -0.05) is 24.3 Å².